The van der Waals surface area contributed by atoms with Crippen molar-refractivity contribution in [3.05, 3.63) is 21.4 Å². The van der Waals surface area contributed by atoms with Crippen LogP contribution in [0.25, 0.3) is 0 Å². The van der Waals surface area contributed by atoms with E-state index in [-0.39, 0.29) is 6.10 Å². The zero-order chi connectivity index (χ0) is 12.8. The third kappa shape index (κ3) is 2.38. The SMILES string of the molecule is OC(CC1CC2CCC1C2)c1cc2c(s1)CCSC2. The summed E-state index contributed by atoms with van der Waals surface area (Å²) in [7, 11) is 0. The average molecular weight is 294 g/mol. The van der Waals surface area contributed by atoms with Gasteiger partial charge in [-0.1, -0.05) is 6.42 Å². The Kier molecular flexibility index (Phi) is 3.41. The first-order valence-electron chi connectivity index (χ1n) is 7.67. The number of hydrogen-bond acceptors (Lipinski definition) is 3. The van der Waals surface area contributed by atoms with E-state index in [1.807, 2.05) is 23.1 Å². The lowest BCUT2D eigenvalue weighted by molar-refractivity contribution is 0.128. The Bertz CT molecular complexity index is 444. The molecule has 104 valence electrons. The van der Waals surface area contributed by atoms with Crippen LogP contribution in [0, 0.1) is 17.8 Å². The standard InChI is InChI=1S/C16H22OS2/c17-14(7-12-6-10-1-2-11(12)5-10)16-8-13-9-18-4-3-15(13)19-16/h8,10-12,14,17H,1-7,9H2. The Morgan fingerprint density at radius 2 is 2.26 bits per heavy atom. The molecule has 2 bridgehead atoms. The van der Waals surface area contributed by atoms with Gasteiger partial charge in [-0.25, -0.2) is 0 Å². The number of aliphatic hydroxyl groups is 1. The van der Waals surface area contributed by atoms with Crippen LogP contribution in [0.15, 0.2) is 6.07 Å². The van der Waals surface area contributed by atoms with Gasteiger partial charge >= 0.3 is 0 Å². The molecule has 1 nitrogen and oxygen atoms in total. The van der Waals surface area contributed by atoms with Crippen molar-refractivity contribution in [2.45, 2.75) is 50.4 Å². The summed E-state index contributed by atoms with van der Waals surface area (Å²) >= 11 is 3.91. The Morgan fingerprint density at radius 1 is 1.32 bits per heavy atom. The minimum absolute atomic E-state index is 0.190. The van der Waals surface area contributed by atoms with Gasteiger partial charge in [0.15, 0.2) is 0 Å². The van der Waals surface area contributed by atoms with Gasteiger partial charge in [0.1, 0.15) is 0 Å². The van der Waals surface area contributed by atoms with E-state index in [1.54, 1.807) is 4.88 Å². The van der Waals surface area contributed by atoms with E-state index in [1.165, 1.54) is 48.3 Å². The van der Waals surface area contributed by atoms with Crippen molar-refractivity contribution in [1.29, 1.82) is 0 Å². The molecule has 1 N–H and O–H groups in total. The zero-order valence-corrected chi connectivity index (χ0v) is 12.9. The van der Waals surface area contributed by atoms with Crippen LogP contribution in [0.4, 0.5) is 0 Å². The lowest BCUT2D eigenvalue weighted by Gasteiger charge is -2.23. The van der Waals surface area contributed by atoms with Crippen molar-refractivity contribution in [2.24, 2.45) is 17.8 Å². The number of aliphatic hydroxyl groups excluding tert-OH is 1. The van der Waals surface area contributed by atoms with E-state index < -0.39 is 0 Å². The van der Waals surface area contributed by atoms with Crippen LogP contribution in [0.1, 0.15) is 53.5 Å². The summed E-state index contributed by atoms with van der Waals surface area (Å²) in [4.78, 5) is 2.79. The Hall–Kier alpha value is 0.01000. The second-order valence-corrected chi connectivity index (χ2v) is 8.86. The molecule has 3 aliphatic rings. The number of rotatable bonds is 3. The van der Waals surface area contributed by atoms with Crippen LogP contribution in [0.5, 0.6) is 0 Å². The normalized spacial score (nSPS) is 34.5. The predicted octanol–water partition coefficient (Wildman–Crippen LogP) is 4.40. The first kappa shape index (κ1) is 12.7. The van der Waals surface area contributed by atoms with Crippen molar-refractivity contribution in [3.8, 4) is 0 Å². The summed E-state index contributed by atoms with van der Waals surface area (Å²) in [6, 6.07) is 2.30. The molecule has 2 fully saturated rings. The molecular formula is C16H22OS2. The third-order valence-corrected chi connectivity index (χ3v) is 7.73. The number of hydrogen-bond donors (Lipinski definition) is 1. The molecule has 0 radical (unpaired) electrons. The molecule has 3 heteroatoms. The molecule has 4 atom stereocenters. The molecule has 2 aliphatic carbocycles. The van der Waals surface area contributed by atoms with E-state index in [4.69, 9.17) is 0 Å². The number of fused-ring (bicyclic) bond motifs is 3. The smallest absolute Gasteiger partial charge is 0.0884 e. The molecule has 2 heterocycles. The van der Waals surface area contributed by atoms with Gasteiger partial charge in [0.25, 0.3) is 0 Å². The molecule has 1 aliphatic heterocycles. The highest BCUT2D eigenvalue weighted by atomic mass is 32.2. The van der Waals surface area contributed by atoms with Gasteiger partial charge in [0.05, 0.1) is 6.10 Å². The Balaban J connectivity index is 1.45. The second kappa shape index (κ2) is 5.09. The summed E-state index contributed by atoms with van der Waals surface area (Å²) in [5, 5.41) is 10.6. The van der Waals surface area contributed by atoms with E-state index in [9.17, 15) is 5.11 Å². The fourth-order valence-electron chi connectivity index (χ4n) is 4.40. The number of aryl methyl sites for hydroxylation is 1. The van der Waals surface area contributed by atoms with Crippen molar-refractivity contribution in [1.82, 2.24) is 0 Å². The summed E-state index contributed by atoms with van der Waals surface area (Å²) < 4.78 is 0. The molecule has 0 spiro atoms. The fraction of sp³-hybridized carbons (Fsp3) is 0.750. The van der Waals surface area contributed by atoms with Crippen LogP contribution in [-0.4, -0.2) is 10.9 Å². The fourth-order valence-corrected chi connectivity index (χ4v) is 6.78. The second-order valence-electron chi connectivity index (χ2n) is 6.59. The van der Waals surface area contributed by atoms with E-state index in [0.29, 0.717) is 0 Å². The lowest BCUT2D eigenvalue weighted by Crippen LogP contribution is -2.13. The maximum absolute atomic E-state index is 10.6. The number of thioether (sulfide) groups is 1. The van der Waals surface area contributed by atoms with E-state index >= 15 is 0 Å². The van der Waals surface area contributed by atoms with Gasteiger partial charge in [0, 0.05) is 15.5 Å². The first-order chi connectivity index (χ1) is 9.29. The van der Waals surface area contributed by atoms with Crippen molar-refractivity contribution >= 4 is 23.1 Å². The van der Waals surface area contributed by atoms with Gasteiger partial charge < -0.3 is 5.11 Å². The minimum atomic E-state index is -0.190. The van der Waals surface area contributed by atoms with Gasteiger partial charge in [0.2, 0.25) is 0 Å². The molecule has 2 saturated carbocycles. The quantitative estimate of drug-likeness (QED) is 0.892. The van der Waals surface area contributed by atoms with Gasteiger partial charge in [-0.15, -0.1) is 11.3 Å². The topological polar surface area (TPSA) is 20.2 Å². The highest BCUT2D eigenvalue weighted by molar-refractivity contribution is 7.98. The van der Waals surface area contributed by atoms with Gasteiger partial charge in [-0.3, -0.25) is 0 Å². The van der Waals surface area contributed by atoms with Crippen molar-refractivity contribution in [3.63, 3.8) is 0 Å². The van der Waals surface area contributed by atoms with E-state index in [2.05, 4.69) is 6.07 Å². The van der Waals surface area contributed by atoms with Crippen LogP contribution in [0.3, 0.4) is 0 Å². The largest absolute Gasteiger partial charge is 0.388 e. The molecule has 0 amide bonds. The van der Waals surface area contributed by atoms with Gasteiger partial charge in [-0.2, -0.15) is 11.8 Å². The summed E-state index contributed by atoms with van der Waals surface area (Å²) in [5.74, 6) is 5.16. The third-order valence-electron chi connectivity index (χ3n) is 5.39. The highest BCUT2D eigenvalue weighted by Crippen LogP contribution is 2.51. The monoisotopic (exact) mass is 294 g/mol. The Labute approximate surface area is 123 Å². The average Bonchev–Trinajstić information content (AvgIpc) is 3.12. The van der Waals surface area contributed by atoms with Gasteiger partial charge in [-0.05, 0) is 67.2 Å². The van der Waals surface area contributed by atoms with Crippen LogP contribution in [-0.2, 0) is 12.2 Å². The maximum atomic E-state index is 10.6. The lowest BCUT2D eigenvalue weighted by atomic mass is 9.84. The summed E-state index contributed by atoms with van der Waals surface area (Å²) in [6.45, 7) is 0. The molecule has 4 unspecified atom stereocenters. The zero-order valence-electron chi connectivity index (χ0n) is 11.3. The van der Waals surface area contributed by atoms with E-state index in [0.717, 1.165) is 29.9 Å². The number of thiophene rings is 1. The molecule has 1 aromatic rings. The Morgan fingerprint density at radius 3 is 3.00 bits per heavy atom. The minimum Gasteiger partial charge on any atom is -0.388 e. The maximum Gasteiger partial charge on any atom is 0.0884 e. The van der Waals surface area contributed by atoms with Crippen LogP contribution >= 0.6 is 23.1 Å². The first-order valence-corrected chi connectivity index (χ1v) is 9.64. The highest BCUT2D eigenvalue weighted by Gasteiger charge is 2.40. The summed E-state index contributed by atoms with van der Waals surface area (Å²) in [5.41, 5.74) is 1.50. The summed E-state index contributed by atoms with van der Waals surface area (Å²) in [6.07, 6.45) is 7.78. The van der Waals surface area contributed by atoms with Crippen molar-refractivity contribution in [2.75, 3.05) is 5.75 Å². The molecule has 0 aromatic carbocycles. The molecular weight excluding hydrogens is 272 g/mol. The molecule has 19 heavy (non-hydrogen) atoms. The van der Waals surface area contributed by atoms with Crippen LogP contribution in [0.2, 0.25) is 0 Å². The molecule has 1 aromatic heterocycles. The van der Waals surface area contributed by atoms with Crippen molar-refractivity contribution < 1.29 is 5.11 Å². The predicted molar refractivity (Wildman–Crippen MR) is 82.7 cm³/mol. The molecule has 4 rings (SSSR count). The molecule has 0 saturated heterocycles. The van der Waals surface area contributed by atoms with Crippen LogP contribution < -0.4 is 0 Å².